The molecule has 0 aliphatic heterocycles. The maximum Gasteiger partial charge on any atom is 0.0619 e. The van der Waals surface area contributed by atoms with Crippen LogP contribution >= 0.6 is 11.3 Å². The molecule has 0 saturated carbocycles. The van der Waals surface area contributed by atoms with Gasteiger partial charge in [0.25, 0.3) is 0 Å². The van der Waals surface area contributed by atoms with Gasteiger partial charge < -0.3 is 9.47 Å². The number of fused-ring (bicyclic) bond motifs is 7. The third-order valence-corrected chi connectivity index (χ3v) is 12.1. The number of hydrogen-bond acceptors (Lipinski definition) is 2. The lowest BCUT2D eigenvalue weighted by Crippen LogP contribution is -2.10. The Hall–Kier alpha value is -6.94. The Bertz CT molecular complexity index is 3200. The zero-order valence-corrected chi connectivity index (χ0v) is 30.7. The Morgan fingerprint density at radius 1 is 0.364 bits per heavy atom. The standard InChI is InChI=1S/C52H34N2S/c1-2-16-38(17-3-1)54-49-25-8-6-20-45(49)47-24-12-23-44(52(47)54)37-15-10-18-40(33-37)53(41-31-32-51-48(34-41)46-21-7-9-26-50(46)55-51)39-29-27-36(28-30-39)43-22-11-14-35-13-4-5-19-42(35)43/h1-34H. The molecule has 9 aromatic carbocycles. The van der Waals surface area contributed by atoms with Crippen LogP contribution in [0.4, 0.5) is 17.1 Å². The van der Waals surface area contributed by atoms with E-state index in [-0.39, 0.29) is 0 Å². The van der Waals surface area contributed by atoms with Crippen LogP contribution in [0.2, 0.25) is 0 Å². The smallest absolute Gasteiger partial charge is 0.0619 e. The minimum absolute atomic E-state index is 1.11. The van der Waals surface area contributed by atoms with Gasteiger partial charge in [0.15, 0.2) is 0 Å². The van der Waals surface area contributed by atoms with Crippen molar-refractivity contribution in [1.29, 1.82) is 0 Å². The van der Waals surface area contributed by atoms with Gasteiger partial charge in [0.2, 0.25) is 0 Å². The number of para-hydroxylation sites is 3. The van der Waals surface area contributed by atoms with E-state index in [2.05, 4.69) is 216 Å². The molecule has 0 spiro atoms. The van der Waals surface area contributed by atoms with E-state index in [1.807, 2.05) is 11.3 Å². The van der Waals surface area contributed by atoms with Crippen molar-refractivity contribution < 1.29 is 0 Å². The first kappa shape index (κ1) is 31.6. The summed E-state index contributed by atoms with van der Waals surface area (Å²) in [5, 5.41) is 7.59. The third-order valence-electron chi connectivity index (χ3n) is 11.0. The highest BCUT2D eigenvalue weighted by molar-refractivity contribution is 7.25. The summed E-state index contributed by atoms with van der Waals surface area (Å²) in [6, 6.07) is 75.2. The number of benzene rings is 9. The van der Waals surface area contributed by atoms with Crippen LogP contribution in [0.1, 0.15) is 0 Å². The fraction of sp³-hybridized carbons (Fsp3) is 0. The molecule has 0 amide bonds. The molecular formula is C52H34N2S. The van der Waals surface area contributed by atoms with Gasteiger partial charge in [-0.2, -0.15) is 0 Å². The zero-order chi connectivity index (χ0) is 36.3. The van der Waals surface area contributed by atoms with E-state index in [1.165, 1.54) is 75.0 Å². The van der Waals surface area contributed by atoms with Crippen LogP contribution in [-0.2, 0) is 0 Å². The number of hydrogen-bond donors (Lipinski definition) is 0. The van der Waals surface area contributed by atoms with Crippen LogP contribution in [0.25, 0.3) is 80.7 Å². The Balaban J connectivity index is 1.11. The van der Waals surface area contributed by atoms with E-state index in [4.69, 9.17) is 0 Å². The molecule has 2 aromatic heterocycles. The van der Waals surface area contributed by atoms with Crippen LogP contribution in [0.3, 0.4) is 0 Å². The Labute approximate surface area is 323 Å². The molecule has 0 saturated heterocycles. The minimum Gasteiger partial charge on any atom is -0.310 e. The van der Waals surface area contributed by atoms with Gasteiger partial charge in [0.1, 0.15) is 0 Å². The molecule has 258 valence electrons. The summed E-state index contributed by atoms with van der Waals surface area (Å²) in [6.07, 6.45) is 0. The SMILES string of the molecule is c1ccc(-n2c3ccccc3c3cccc(-c4cccc(N(c5ccc(-c6cccc7ccccc67)cc5)c5ccc6sc7ccccc7c6c5)c4)c32)cc1. The van der Waals surface area contributed by atoms with E-state index in [0.29, 0.717) is 0 Å². The van der Waals surface area contributed by atoms with E-state index in [9.17, 15) is 0 Å². The third kappa shape index (κ3) is 5.24. The lowest BCUT2D eigenvalue weighted by molar-refractivity contribution is 1.18. The van der Waals surface area contributed by atoms with Crippen molar-refractivity contribution in [3.63, 3.8) is 0 Å². The van der Waals surface area contributed by atoms with E-state index in [1.54, 1.807) is 0 Å². The fourth-order valence-corrected chi connectivity index (χ4v) is 9.56. The van der Waals surface area contributed by atoms with E-state index < -0.39 is 0 Å². The number of thiophene rings is 1. The van der Waals surface area contributed by atoms with Gasteiger partial charge in [-0.15, -0.1) is 11.3 Å². The summed E-state index contributed by atoms with van der Waals surface area (Å²) in [5.41, 5.74) is 11.7. The number of nitrogens with zero attached hydrogens (tertiary/aromatic N) is 2. The number of rotatable bonds is 6. The molecule has 0 aliphatic rings. The highest BCUT2D eigenvalue weighted by atomic mass is 32.1. The molecule has 0 radical (unpaired) electrons. The van der Waals surface area contributed by atoms with Gasteiger partial charge in [-0.3, -0.25) is 0 Å². The van der Waals surface area contributed by atoms with E-state index in [0.717, 1.165) is 22.7 Å². The monoisotopic (exact) mass is 718 g/mol. The summed E-state index contributed by atoms with van der Waals surface area (Å²) in [4.78, 5) is 2.41. The van der Waals surface area contributed by atoms with Crippen molar-refractivity contribution in [2.24, 2.45) is 0 Å². The summed E-state index contributed by atoms with van der Waals surface area (Å²) in [5.74, 6) is 0. The molecule has 0 bridgehead atoms. The summed E-state index contributed by atoms with van der Waals surface area (Å²) in [6.45, 7) is 0. The molecule has 0 aliphatic carbocycles. The quantitative estimate of drug-likeness (QED) is 0.166. The van der Waals surface area contributed by atoms with Gasteiger partial charge in [0, 0.05) is 59.3 Å². The van der Waals surface area contributed by atoms with Gasteiger partial charge in [0.05, 0.1) is 11.0 Å². The van der Waals surface area contributed by atoms with Gasteiger partial charge in [-0.1, -0.05) is 140 Å². The van der Waals surface area contributed by atoms with Crippen LogP contribution in [0, 0.1) is 0 Å². The van der Waals surface area contributed by atoms with E-state index >= 15 is 0 Å². The van der Waals surface area contributed by atoms with Crippen LogP contribution in [0.5, 0.6) is 0 Å². The fourth-order valence-electron chi connectivity index (χ4n) is 8.48. The topological polar surface area (TPSA) is 8.17 Å². The number of aromatic nitrogens is 1. The molecule has 11 rings (SSSR count). The van der Waals surface area contributed by atoms with Crippen LogP contribution < -0.4 is 4.90 Å². The maximum absolute atomic E-state index is 2.42. The predicted octanol–water partition coefficient (Wildman–Crippen LogP) is 15.1. The first-order valence-electron chi connectivity index (χ1n) is 18.8. The van der Waals surface area contributed by atoms with Crippen LogP contribution in [-0.4, -0.2) is 4.57 Å². The highest BCUT2D eigenvalue weighted by Crippen LogP contribution is 2.44. The molecule has 0 N–H and O–H groups in total. The molecule has 2 nitrogen and oxygen atoms in total. The second-order valence-electron chi connectivity index (χ2n) is 14.1. The molecular weight excluding hydrogens is 685 g/mol. The highest BCUT2D eigenvalue weighted by Gasteiger charge is 2.19. The summed E-state index contributed by atoms with van der Waals surface area (Å²) >= 11 is 1.86. The zero-order valence-electron chi connectivity index (χ0n) is 29.9. The van der Waals surface area contributed by atoms with Crippen molar-refractivity contribution in [2.45, 2.75) is 0 Å². The summed E-state index contributed by atoms with van der Waals surface area (Å²) < 4.78 is 5.03. The van der Waals surface area contributed by atoms with Gasteiger partial charge in [-0.05, 0) is 94.2 Å². The second-order valence-corrected chi connectivity index (χ2v) is 15.2. The average molecular weight is 719 g/mol. The Morgan fingerprint density at radius 3 is 1.89 bits per heavy atom. The molecule has 3 heteroatoms. The molecule has 0 unspecified atom stereocenters. The average Bonchev–Trinajstić information content (AvgIpc) is 3.80. The number of anilines is 3. The van der Waals surface area contributed by atoms with Crippen molar-refractivity contribution >= 4 is 81.1 Å². The largest absolute Gasteiger partial charge is 0.310 e. The minimum atomic E-state index is 1.11. The van der Waals surface area contributed by atoms with Gasteiger partial charge >= 0.3 is 0 Å². The van der Waals surface area contributed by atoms with Crippen LogP contribution in [0.15, 0.2) is 206 Å². The molecule has 11 aromatic rings. The molecule has 0 atom stereocenters. The normalized spacial score (nSPS) is 11.6. The second kappa shape index (κ2) is 12.9. The summed E-state index contributed by atoms with van der Waals surface area (Å²) in [7, 11) is 0. The molecule has 0 fully saturated rings. The molecule has 2 heterocycles. The predicted molar refractivity (Wildman–Crippen MR) is 237 cm³/mol. The molecule has 55 heavy (non-hydrogen) atoms. The van der Waals surface area contributed by atoms with Gasteiger partial charge in [-0.25, -0.2) is 0 Å². The van der Waals surface area contributed by atoms with Crippen molar-refractivity contribution in [3.8, 4) is 27.9 Å². The lowest BCUT2D eigenvalue weighted by Gasteiger charge is -2.26. The first-order chi connectivity index (χ1) is 27.3. The van der Waals surface area contributed by atoms with Crippen molar-refractivity contribution in [1.82, 2.24) is 4.57 Å². The Kier molecular flexibility index (Phi) is 7.39. The van der Waals surface area contributed by atoms with Crippen molar-refractivity contribution in [2.75, 3.05) is 4.90 Å². The van der Waals surface area contributed by atoms with Crippen molar-refractivity contribution in [3.05, 3.63) is 206 Å². The maximum atomic E-state index is 2.42. The Morgan fingerprint density at radius 2 is 1.00 bits per heavy atom. The first-order valence-corrected chi connectivity index (χ1v) is 19.6. The lowest BCUT2D eigenvalue weighted by atomic mass is 9.98.